The van der Waals surface area contributed by atoms with Crippen molar-refractivity contribution in [2.45, 2.75) is 65.5 Å². The Labute approximate surface area is 130 Å². The molecule has 21 heavy (non-hydrogen) atoms. The second kappa shape index (κ2) is 7.84. The van der Waals surface area contributed by atoms with Crippen LogP contribution in [0.15, 0.2) is 24.3 Å². The molecule has 1 aliphatic rings. The summed E-state index contributed by atoms with van der Waals surface area (Å²) < 4.78 is 6.46. The summed E-state index contributed by atoms with van der Waals surface area (Å²) in [7, 11) is 0. The number of hydrogen-bond acceptors (Lipinski definition) is 2. The van der Waals surface area contributed by atoms with Gasteiger partial charge in [0.05, 0.1) is 0 Å². The summed E-state index contributed by atoms with van der Waals surface area (Å²) in [6, 6.07) is 8.99. The molecule has 1 aliphatic carbocycles. The molecule has 1 fully saturated rings. The average Bonchev–Trinajstić information content (AvgIpc) is 2.49. The molecule has 0 radical (unpaired) electrons. The van der Waals surface area contributed by atoms with Gasteiger partial charge in [-0.25, -0.2) is 0 Å². The van der Waals surface area contributed by atoms with Crippen molar-refractivity contribution in [2.75, 3.05) is 6.54 Å². The van der Waals surface area contributed by atoms with Gasteiger partial charge in [0.15, 0.2) is 0 Å². The van der Waals surface area contributed by atoms with Gasteiger partial charge in [-0.3, -0.25) is 0 Å². The van der Waals surface area contributed by atoms with E-state index in [1.54, 1.807) is 0 Å². The monoisotopic (exact) mass is 289 g/mol. The molecular formula is C19H31NO. The first-order chi connectivity index (χ1) is 10.2. The van der Waals surface area contributed by atoms with Crippen LogP contribution in [0.5, 0.6) is 5.75 Å². The zero-order valence-corrected chi connectivity index (χ0v) is 14.1. The third-order valence-corrected chi connectivity index (χ3v) is 4.87. The van der Waals surface area contributed by atoms with Crippen LogP contribution in [0.2, 0.25) is 0 Å². The lowest BCUT2D eigenvalue weighted by molar-refractivity contribution is 0.0718. The van der Waals surface area contributed by atoms with Gasteiger partial charge in [-0.1, -0.05) is 45.9 Å². The van der Waals surface area contributed by atoms with Crippen molar-refractivity contribution in [1.29, 1.82) is 0 Å². The van der Waals surface area contributed by atoms with Crippen molar-refractivity contribution < 1.29 is 4.74 Å². The Morgan fingerprint density at radius 3 is 2.62 bits per heavy atom. The Balaban J connectivity index is 2.11. The first-order valence-corrected chi connectivity index (χ1v) is 8.63. The van der Waals surface area contributed by atoms with Gasteiger partial charge in [0.1, 0.15) is 11.9 Å². The first kappa shape index (κ1) is 16.4. The molecule has 1 N–H and O–H groups in total. The summed E-state index contributed by atoms with van der Waals surface area (Å²) in [6.07, 6.45) is 5.06. The SMILES string of the molecule is CCNC1CCC(C(C)C)CC1Oc1ccccc1CC. The minimum Gasteiger partial charge on any atom is -0.489 e. The third-order valence-electron chi connectivity index (χ3n) is 4.87. The standard InChI is InChI=1S/C19H31NO/c1-5-15-9-7-8-10-18(15)21-19-13-16(14(3)4)11-12-17(19)20-6-2/h7-10,14,16-17,19-20H,5-6,11-13H2,1-4H3. The molecule has 3 atom stereocenters. The first-order valence-electron chi connectivity index (χ1n) is 8.63. The molecule has 2 nitrogen and oxygen atoms in total. The number of benzene rings is 1. The lowest BCUT2D eigenvalue weighted by atomic mass is 9.78. The molecule has 3 unspecified atom stereocenters. The largest absolute Gasteiger partial charge is 0.489 e. The van der Waals surface area contributed by atoms with Gasteiger partial charge < -0.3 is 10.1 Å². The van der Waals surface area contributed by atoms with Crippen LogP contribution < -0.4 is 10.1 Å². The van der Waals surface area contributed by atoms with Crippen molar-refractivity contribution in [3.05, 3.63) is 29.8 Å². The molecule has 0 spiro atoms. The number of rotatable bonds is 6. The number of para-hydroxylation sites is 1. The number of likely N-dealkylation sites (N-methyl/N-ethyl adjacent to an activating group) is 1. The van der Waals surface area contributed by atoms with Crippen LogP contribution in [-0.2, 0) is 6.42 Å². The maximum absolute atomic E-state index is 6.46. The molecule has 118 valence electrons. The highest BCUT2D eigenvalue weighted by molar-refractivity contribution is 5.33. The summed E-state index contributed by atoms with van der Waals surface area (Å²) in [5.74, 6) is 2.62. The van der Waals surface area contributed by atoms with Crippen LogP contribution in [-0.4, -0.2) is 18.7 Å². The minimum atomic E-state index is 0.304. The molecule has 1 aromatic rings. The predicted molar refractivity (Wildman–Crippen MR) is 89.9 cm³/mol. The van der Waals surface area contributed by atoms with Gasteiger partial charge in [0, 0.05) is 6.04 Å². The second-order valence-electron chi connectivity index (χ2n) is 6.60. The number of nitrogens with one attached hydrogen (secondary N) is 1. The Bertz CT molecular complexity index is 429. The van der Waals surface area contributed by atoms with Crippen LogP contribution in [0.25, 0.3) is 0 Å². The molecule has 0 bridgehead atoms. The Morgan fingerprint density at radius 1 is 1.19 bits per heavy atom. The predicted octanol–water partition coefficient (Wildman–Crippen LogP) is 4.43. The molecular weight excluding hydrogens is 258 g/mol. The number of hydrogen-bond donors (Lipinski definition) is 1. The lowest BCUT2D eigenvalue weighted by Gasteiger charge is -2.38. The molecule has 1 saturated carbocycles. The fourth-order valence-corrected chi connectivity index (χ4v) is 3.47. The maximum Gasteiger partial charge on any atom is 0.122 e. The van der Waals surface area contributed by atoms with E-state index in [9.17, 15) is 0 Å². The van der Waals surface area contributed by atoms with Crippen molar-refractivity contribution in [3.63, 3.8) is 0 Å². The Morgan fingerprint density at radius 2 is 1.95 bits per heavy atom. The van der Waals surface area contributed by atoms with E-state index in [0.717, 1.165) is 30.6 Å². The van der Waals surface area contributed by atoms with E-state index >= 15 is 0 Å². The molecule has 0 saturated heterocycles. The van der Waals surface area contributed by atoms with E-state index in [1.165, 1.54) is 24.8 Å². The van der Waals surface area contributed by atoms with E-state index in [4.69, 9.17) is 4.74 Å². The highest BCUT2D eigenvalue weighted by atomic mass is 16.5. The van der Waals surface area contributed by atoms with Crippen molar-refractivity contribution >= 4 is 0 Å². The van der Waals surface area contributed by atoms with Gasteiger partial charge >= 0.3 is 0 Å². The van der Waals surface area contributed by atoms with E-state index in [2.05, 4.69) is 57.3 Å². The van der Waals surface area contributed by atoms with Crippen LogP contribution >= 0.6 is 0 Å². The lowest BCUT2D eigenvalue weighted by Crippen LogP contribution is -2.47. The van der Waals surface area contributed by atoms with E-state index in [-0.39, 0.29) is 0 Å². The van der Waals surface area contributed by atoms with Gasteiger partial charge in [0.2, 0.25) is 0 Å². The molecule has 0 amide bonds. The zero-order chi connectivity index (χ0) is 15.2. The van der Waals surface area contributed by atoms with Gasteiger partial charge in [-0.15, -0.1) is 0 Å². The highest BCUT2D eigenvalue weighted by Crippen LogP contribution is 2.33. The van der Waals surface area contributed by atoms with Crippen LogP contribution in [0, 0.1) is 11.8 Å². The van der Waals surface area contributed by atoms with Gasteiger partial charge in [-0.2, -0.15) is 0 Å². The fourth-order valence-electron chi connectivity index (χ4n) is 3.47. The average molecular weight is 289 g/mol. The van der Waals surface area contributed by atoms with Crippen LogP contribution in [0.1, 0.15) is 52.5 Å². The summed E-state index contributed by atoms with van der Waals surface area (Å²) in [6.45, 7) is 10.1. The smallest absolute Gasteiger partial charge is 0.122 e. The van der Waals surface area contributed by atoms with Crippen molar-refractivity contribution in [3.8, 4) is 5.75 Å². The van der Waals surface area contributed by atoms with E-state index < -0.39 is 0 Å². The maximum atomic E-state index is 6.46. The summed E-state index contributed by atoms with van der Waals surface area (Å²) in [5.41, 5.74) is 1.32. The van der Waals surface area contributed by atoms with Gasteiger partial charge in [0.25, 0.3) is 0 Å². The Kier molecular flexibility index (Phi) is 6.10. The topological polar surface area (TPSA) is 21.3 Å². The summed E-state index contributed by atoms with van der Waals surface area (Å²) >= 11 is 0. The molecule has 1 aromatic carbocycles. The van der Waals surface area contributed by atoms with Crippen molar-refractivity contribution in [1.82, 2.24) is 5.32 Å². The number of aryl methyl sites for hydroxylation is 1. The van der Waals surface area contributed by atoms with Crippen LogP contribution in [0.4, 0.5) is 0 Å². The molecule has 2 heteroatoms. The van der Waals surface area contributed by atoms with E-state index in [0.29, 0.717) is 12.1 Å². The second-order valence-corrected chi connectivity index (χ2v) is 6.60. The Hall–Kier alpha value is -1.02. The summed E-state index contributed by atoms with van der Waals surface area (Å²) in [5, 5.41) is 3.63. The molecule has 2 rings (SSSR count). The van der Waals surface area contributed by atoms with Gasteiger partial charge in [-0.05, 0) is 55.7 Å². The quantitative estimate of drug-likeness (QED) is 0.836. The molecule has 0 aromatic heterocycles. The zero-order valence-electron chi connectivity index (χ0n) is 14.1. The molecule has 0 aliphatic heterocycles. The fraction of sp³-hybridized carbons (Fsp3) is 0.684. The highest BCUT2D eigenvalue weighted by Gasteiger charge is 2.33. The summed E-state index contributed by atoms with van der Waals surface area (Å²) in [4.78, 5) is 0. The van der Waals surface area contributed by atoms with Crippen LogP contribution in [0.3, 0.4) is 0 Å². The normalized spacial score (nSPS) is 26.0. The molecule has 0 heterocycles. The third kappa shape index (κ3) is 4.23. The van der Waals surface area contributed by atoms with E-state index in [1.807, 2.05) is 0 Å². The minimum absolute atomic E-state index is 0.304. The number of ether oxygens (including phenoxy) is 1. The van der Waals surface area contributed by atoms with Crippen molar-refractivity contribution in [2.24, 2.45) is 11.8 Å².